The van der Waals surface area contributed by atoms with E-state index in [9.17, 15) is 9.18 Å². The summed E-state index contributed by atoms with van der Waals surface area (Å²) in [5, 5.41) is 0.188. The van der Waals surface area contributed by atoms with Gasteiger partial charge in [0.05, 0.1) is 0 Å². The molecular weight excluding hydrogens is 241 g/mol. The molecule has 0 heterocycles. The van der Waals surface area contributed by atoms with Gasteiger partial charge in [-0.2, -0.15) is 0 Å². The summed E-state index contributed by atoms with van der Waals surface area (Å²) in [5.41, 5.74) is 8.02. The van der Waals surface area contributed by atoms with Crippen LogP contribution in [0.15, 0.2) is 23.1 Å². The van der Waals surface area contributed by atoms with Crippen LogP contribution in [0.2, 0.25) is 0 Å². The van der Waals surface area contributed by atoms with Gasteiger partial charge in [0.1, 0.15) is 5.82 Å². The molecule has 1 amide bonds. The smallest absolute Gasteiger partial charge is 0.233 e. The van der Waals surface area contributed by atoms with Crippen molar-refractivity contribution in [2.75, 3.05) is 5.73 Å². The van der Waals surface area contributed by atoms with Gasteiger partial charge in [-0.3, -0.25) is 10.2 Å². The second-order valence-electron chi connectivity index (χ2n) is 3.75. The van der Waals surface area contributed by atoms with Gasteiger partial charge in [-0.1, -0.05) is 6.92 Å². The minimum atomic E-state index is -0.348. The standard InChI is InChI=1S/C11H16FN3OS/c1-7(2-3-11(16)15-14)17-10-5-8(12)4-9(13)6-10/h4-7H,2-3,13-14H2,1H3,(H,15,16). The Labute approximate surface area is 104 Å². The lowest BCUT2D eigenvalue weighted by Gasteiger charge is -2.11. The molecule has 6 heteroatoms. The number of carbonyl (C=O) groups is 1. The fourth-order valence-corrected chi connectivity index (χ4v) is 2.44. The SMILES string of the molecule is CC(CCC(=O)NN)Sc1cc(N)cc(F)c1. The van der Waals surface area contributed by atoms with Gasteiger partial charge in [0, 0.05) is 22.3 Å². The van der Waals surface area contributed by atoms with Crippen molar-refractivity contribution < 1.29 is 9.18 Å². The molecule has 1 unspecified atom stereocenters. The second-order valence-corrected chi connectivity index (χ2v) is 5.27. The Morgan fingerprint density at radius 1 is 1.53 bits per heavy atom. The first kappa shape index (κ1) is 13.8. The Morgan fingerprint density at radius 2 is 2.24 bits per heavy atom. The molecule has 0 aliphatic heterocycles. The lowest BCUT2D eigenvalue weighted by atomic mass is 10.2. The summed E-state index contributed by atoms with van der Waals surface area (Å²) in [5.74, 6) is 4.43. The number of nitrogen functional groups attached to an aromatic ring is 1. The van der Waals surface area contributed by atoms with Crippen molar-refractivity contribution in [3.63, 3.8) is 0 Å². The molecule has 0 saturated heterocycles. The van der Waals surface area contributed by atoms with Gasteiger partial charge in [0.15, 0.2) is 0 Å². The zero-order valence-electron chi connectivity index (χ0n) is 9.57. The Morgan fingerprint density at radius 3 is 2.82 bits per heavy atom. The van der Waals surface area contributed by atoms with Crippen molar-refractivity contribution >= 4 is 23.4 Å². The van der Waals surface area contributed by atoms with E-state index in [2.05, 4.69) is 5.43 Å². The fourth-order valence-electron chi connectivity index (χ4n) is 1.35. The zero-order chi connectivity index (χ0) is 12.8. The monoisotopic (exact) mass is 257 g/mol. The van der Waals surface area contributed by atoms with Crippen LogP contribution < -0.4 is 17.0 Å². The predicted octanol–water partition coefficient (Wildman–Crippen LogP) is 1.66. The lowest BCUT2D eigenvalue weighted by molar-refractivity contribution is -0.121. The van der Waals surface area contributed by atoms with E-state index in [4.69, 9.17) is 11.6 Å². The zero-order valence-corrected chi connectivity index (χ0v) is 10.4. The molecule has 0 saturated carbocycles. The quantitative estimate of drug-likeness (QED) is 0.246. The van der Waals surface area contributed by atoms with Crippen LogP contribution in [-0.2, 0) is 4.79 Å². The molecule has 94 valence electrons. The number of thioether (sulfide) groups is 1. The van der Waals surface area contributed by atoms with Crippen LogP contribution in [-0.4, -0.2) is 11.2 Å². The molecule has 17 heavy (non-hydrogen) atoms. The van der Waals surface area contributed by atoms with E-state index < -0.39 is 0 Å². The highest BCUT2D eigenvalue weighted by Crippen LogP contribution is 2.28. The molecule has 4 nitrogen and oxygen atoms in total. The Hall–Kier alpha value is -1.27. The van der Waals surface area contributed by atoms with Crippen LogP contribution in [0.3, 0.4) is 0 Å². The van der Waals surface area contributed by atoms with Gasteiger partial charge < -0.3 is 5.73 Å². The van der Waals surface area contributed by atoms with Gasteiger partial charge in [0.2, 0.25) is 5.91 Å². The maximum Gasteiger partial charge on any atom is 0.233 e. The van der Waals surface area contributed by atoms with Crippen LogP contribution >= 0.6 is 11.8 Å². The van der Waals surface area contributed by atoms with Crippen molar-refractivity contribution in [1.82, 2.24) is 5.43 Å². The van der Waals surface area contributed by atoms with E-state index in [1.165, 1.54) is 23.9 Å². The molecule has 0 aliphatic rings. The number of carbonyl (C=O) groups excluding carboxylic acids is 1. The highest BCUT2D eigenvalue weighted by atomic mass is 32.2. The first-order chi connectivity index (χ1) is 8.01. The van der Waals surface area contributed by atoms with Gasteiger partial charge in [0.25, 0.3) is 0 Å². The normalized spacial score (nSPS) is 12.2. The number of hydrazine groups is 1. The number of hydrogen-bond acceptors (Lipinski definition) is 4. The average Bonchev–Trinajstić information content (AvgIpc) is 2.24. The van der Waals surface area contributed by atoms with E-state index >= 15 is 0 Å². The summed E-state index contributed by atoms with van der Waals surface area (Å²) in [6.45, 7) is 1.97. The number of nitrogens with two attached hydrogens (primary N) is 2. The Bertz CT molecular complexity index is 380. The third kappa shape index (κ3) is 5.06. The third-order valence-corrected chi connectivity index (χ3v) is 3.32. The number of rotatable bonds is 5. The summed E-state index contributed by atoms with van der Waals surface area (Å²) in [6.07, 6.45) is 1.03. The lowest BCUT2D eigenvalue weighted by Crippen LogP contribution is -2.30. The highest BCUT2D eigenvalue weighted by molar-refractivity contribution is 7.99. The third-order valence-electron chi connectivity index (χ3n) is 2.17. The van der Waals surface area contributed by atoms with Crippen molar-refractivity contribution in [1.29, 1.82) is 0 Å². The predicted molar refractivity (Wildman–Crippen MR) is 67.7 cm³/mol. The molecule has 1 aromatic rings. The van der Waals surface area contributed by atoms with Crippen LogP contribution in [0, 0.1) is 5.82 Å². The van der Waals surface area contributed by atoms with E-state index in [1.54, 1.807) is 6.07 Å². The van der Waals surface area contributed by atoms with Gasteiger partial charge in [-0.25, -0.2) is 10.2 Å². The van der Waals surface area contributed by atoms with Crippen molar-refractivity contribution in [2.24, 2.45) is 5.84 Å². The van der Waals surface area contributed by atoms with Crippen molar-refractivity contribution in [2.45, 2.75) is 29.9 Å². The molecule has 1 rings (SSSR count). The second kappa shape index (κ2) is 6.46. The number of hydrogen-bond donors (Lipinski definition) is 3. The van der Waals surface area contributed by atoms with Gasteiger partial charge in [-0.05, 0) is 24.6 Å². The molecule has 0 aromatic heterocycles. The first-order valence-electron chi connectivity index (χ1n) is 5.23. The average molecular weight is 257 g/mol. The molecule has 0 bridgehead atoms. The molecule has 0 fully saturated rings. The Kier molecular flexibility index (Phi) is 5.24. The number of halogens is 1. The Balaban J connectivity index is 2.50. The molecular formula is C11H16FN3OS. The summed E-state index contributed by atoms with van der Waals surface area (Å²) in [4.78, 5) is 11.7. The van der Waals surface area contributed by atoms with Crippen LogP contribution in [0.5, 0.6) is 0 Å². The topological polar surface area (TPSA) is 81.1 Å². The maximum absolute atomic E-state index is 13.1. The molecule has 0 radical (unpaired) electrons. The molecule has 5 N–H and O–H groups in total. The summed E-state index contributed by atoms with van der Waals surface area (Å²) < 4.78 is 13.1. The molecule has 0 aliphatic carbocycles. The van der Waals surface area contributed by atoms with E-state index in [-0.39, 0.29) is 17.0 Å². The number of nitrogens with one attached hydrogen (secondary N) is 1. The van der Waals surface area contributed by atoms with E-state index in [0.717, 1.165) is 4.90 Å². The number of anilines is 1. The van der Waals surface area contributed by atoms with Crippen molar-refractivity contribution in [3.05, 3.63) is 24.0 Å². The minimum absolute atomic E-state index is 0.188. The number of benzene rings is 1. The summed E-state index contributed by atoms with van der Waals surface area (Å²) >= 11 is 1.48. The van der Waals surface area contributed by atoms with E-state index in [1.807, 2.05) is 6.92 Å². The summed E-state index contributed by atoms with van der Waals surface area (Å²) in [6, 6.07) is 4.42. The van der Waals surface area contributed by atoms with Crippen molar-refractivity contribution in [3.8, 4) is 0 Å². The molecule has 1 atom stereocenters. The first-order valence-corrected chi connectivity index (χ1v) is 6.11. The minimum Gasteiger partial charge on any atom is -0.399 e. The van der Waals surface area contributed by atoms with Crippen LogP contribution in [0.25, 0.3) is 0 Å². The summed E-state index contributed by atoms with van der Waals surface area (Å²) in [7, 11) is 0. The largest absolute Gasteiger partial charge is 0.399 e. The maximum atomic E-state index is 13.1. The van der Waals surface area contributed by atoms with Crippen LogP contribution in [0.1, 0.15) is 19.8 Å². The van der Waals surface area contributed by atoms with Crippen LogP contribution in [0.4, 0.5) is 10.1 Å². The highest BCUT2D eigenvalue weighted by Gasteiger charge is 2.08. The van der Waals surface area contributed by atoms with Gasteiger partial charge >= 0.3 is 0 Å². The van der Waals surface area contributed by atoms with E-state index in [0.29, 0.717) is 18.5 Å². The molecule has 0 spiro atoms. The molecule has 1 aromatic carbocycles. The van der Waals surface area contributed by atoms with Gasteiger partial charge in [-0.15, -0.1) is 11.8 Å². The fraction of sp³-hybridized carbons (Fsp3) is 0.364. The number of amides is 1.